The zero-order valence-corrected chi connectivity index (χ0v) is 87.3. The first-order chi connectivity index (χ1) is 69.2. The van der Waals surface area contributed by atoms with Gasteiger partial charge in [-0.1, -0.05) is 202 Å². The Morgan fingerprint density at radius 3 is 0.931 bits per heavy atom. The molecule has 0 aliphatic carbocycles. The van der Waals surface area contributed by atoms with Gasteiger partial charge in [-0.25, -0.2) is 0 Å². The number of para-hydroxylation sites is 3. The Kier molecular flexibility index (Phi) is 24.7. The zero-order chi connectivity index (χ0) is 94.9. The fraction of sp³-hybridized carbons (Fsp3) is 0.0714. The first kappa shape index (κ1) is 93.1. The van der Waals surface area contributed by atoms with Gasteiger partial charge in [-0.2, -0.15) is 92.8 Å². The fourth-order valence-electron chi connectivity index (χ4n) is 21.7. The molecule has 696 valence electrons. The summed E-state index contributed by atoms with van der Waals surface area (Å²) in [5, 5.41) is 16.0. The van der Waals surface area contributed by atoms with Gasteiger partial charge in [-0.15, -0.1) is 106 Å². The Morgan fingerprint density at radius 1 is 0.250 bits per heavy atom. The Hall–Kier alpha value is -15.9. The van der Waals surface area contributed by atoms with Gasteiger partial charge in [0, 0.05) is 111 Å². The molecule has 0 amide bonds. The Balaban J connectivity index is 0.0000000995. The van der Waals surface area contributed by atoms with E-state index in [1.807, 2.05) is 128 Å². The van der Waals surface area contributed by atoms with E-state index in [2.05, 4.69) is 414 Å². The molecule has 144 heavy (non-hydrogen) atoms. The molecule has 0 atom stereocenters. The third-order valence-electron chi connectivity index (χ3n) is 27.9. The maximum atomic E-state index is 4.85. The summed E-state index contributed by atoms with van der Waals surface area (Å²) in [5.41, 5.74) is 40.3. The number of hydrogen-bond acceptors (Lipinski definition) is 12. The summed E-state index contributed by atoms with van der Waals surface area (Å²) in [6, 6.07) is 124. The van der Waals surface area contributed by atoms with Gasteiger partial charge in [0.05, 0.1) is 39.5 Å². The molecule has 30 rings (SSSR count). The van der Waals surface area contributed by atoms with E-state index < -0.39 is 0 Å². The van der Waals surface area contributed by atoms with Crippen LogP contribution in [-0.4, -0.2) is 78.9 Å². The van der Waals surface area contributed by atoms with Crippen molar-refractivity contribution in [3.8, 4) is 67.2 Å². The van der Waals surface area contributed by atoms with Crippen molar-refractivity contribution in [2.75, 3.05) is 35.8 Å². The number of anilines is 3. The van der Waals surface area contributed by atoms with E-state index in [0.29, 0.717) is 0 Å². The molecule has 6 aliphatic heterocycles. The van der Waals surface area contributed by atoms with Crippen molar-refractivity contribution in [1.82, 2.24) is 57.8 Å². The SMILES string of the molecule is CN1C=C2c3ccccc3-c3ccc[c-]c3N2[CH-]1.CN1C=C2c3ccccc3-c3ccc[c-]c3N2[CH-]1.CN1C=C2c3ccccc3-c3ccc[c-]c3N2[CH-]1.Cc1cccc(C)c1-c1cnc2c3[c-]cccc3c3cc4cccnc4cc3n12.Cc1cccc(C)c1-c1cnc2c3[c-]cccc3c3cc4ccncc4cc3n12.Cc1cccc(C)c1-c1cnc2c3[c-]cccc3c3cc4cnccc4cc3n12.[Ir+3].[Ir+3].[Ir+3]. The van der Waals surface area contributed by atoms with E-state index in [4.69, 9.17) is 15.0 Å². The quantitative estimate of drug-likeness (QED) is 0.0954. The van der Waals surface area contributed by atoms with E-state index in [1.54, 1.807) is 0 Å². The predicted octanol–water partition coefficient (Wildman–Crippen LogP) is 28.8. The standard InChI is InChI=1S/3C26H18N3.3C16H12N2.3Ir/c1-16-7-5-8-17(2)25(16)24-15-28-26-20-11-4-3-10-19(20)21-13-18-9-6-12-27-22(18)14-23(21)29(24)26;1-16-6-5-7-17(2)25(16)24-15-28-26-21-9-4-3-8-20(21)22-12-19-14-27-11-10-18(19)13-23(22)29(24)26;1-16-6-5-7-17(2)25(16)24-15-28-26-21-9-4-3-8-20(21)22-12-18-10-11-27-14-19(18)13-23(22)29(24)26;3*1-17-10-16-14-8-3-2-6-12(14)13-7-4-5-9-15(13)18(16)11-17;;;/h3-10,12-15H,1-2H3;2*3-8,10-15H,1-2H3;3*2-8,10-11H,1H3;;;/q3*-1;3*-2;3*+3. The van der Waals surface area contributed by atoms with Crippen molar-refractivity contribution >= 4 is 149 Å². The van der Waals surface area contributed by atoms with E-state index in [1.165, 1.54) is 160 Å². The van der Waals surface area contributed by atoms with E-state index in [0.717, 1.165) is 105 Å². The fourth-order valence-corrected chi connectivity index (χ4v) is 21.7. The minimum atomic E-state index is 0. The van der Waals surface area contributed by atoms with Crippen LogP contribution < -0.4 is 14.7 Å². The smallest absolute Gasteiger partial charge is 0.510 e. The number of benzene rings is 15. The summed E-state index contributed by atoms with van der Waals surface area (Å²) in [7, 11) is 6.16. The molecular formula is C126H90Ir3N15. The van der Waals surface area contributed by atoms with Crippen LogP contribution in [0.25, 0.3) is 199 Å². The predicted molar refractivity (Wildman–Crippen MR) is 577 cm³/mol. The van der Waals surface area contributed by atoms with Gasteiger partial charge < -0.3 is 42.6 Å². The number of fused-ring (bicyclic) bond motifs is 39. The van der Waals surface area contributed by atoms with Crippen LogP contribution in [0, 0.1) is 97.9 Å². The summed E-state index contributed by atoms with van der Waals surface area (Å²) in [6.45, 7) is 19.3. The third-order valence-corrected chi connectivity index (χ3v) is 27.9. The topological polar surface area (TPSA) is 110 Å². The maximum Gasteiger partial charge on any atom is 3.00 e. The van der Waals surface area contributed by atoms with Gasteiger partial charge in [0.15, 0.2) is 0 Å². The molecule has 0 bridgehead atoms. The van der Waals surface area contributed by atoms with E-state index in [-0.39, 0.29) is 60.3 Å². The molecule has 0 radical (unpaired) electrons. The van der Waals surface area contributed by atoms with Crippen molar-refractivity contribution in [2.24, 2.45) is 0 Å². The summed E-state index contributed by atoms with van der Waals surface area (Å²) in [5.74, 6) is 0. The van der Waals surface area contributed by atoms with Crippen molar-refractivity contribution in [3.05, 3.63) is 472 Å². The summed E-state index contributed by atoms with van der Waals surface area (Å²) in [4.78, 5) is 40.7. The second kappa shape index (κ2) is 38.2. The average Bonchev–Trinajstić information content (AvgIpc) is 1.55. The van der Waals surface area contributed by atoms with Crippen molar-refractivity contribution in [1.29, 1.82) is 0 Å². The molecule has 18 heteroatoms. The Bertz CT molecular complexity index is 8480. The van der Waals surface area contributed by atoms with Crippen LogP contribution in [0.1, 0.15) is 50.1 Å². The summed E-state index contributed by atoms with van der Waals surface area (Å²) in [6.07, 6.45) is 21.9. The molecule has 15 aromatic carbocycles. The Labute approximate surface area is 875 Å². The van der Waals surface area contributed by atoms with Gasteiger partial charge in [0.2, 0.25) is 0 Å². The van der Waals surface area contributed by atoms with Gasteiger partial charge in [0.25, 0.3) is 0 Å². The molecule has 15 heterocycles. The average molecular weight is 2390 g/mol. The van der Waals surface area contributed by atoms with Crippen molar-refractivity contribution < 1.29 is 60.3 Å². The monoisotopic (exact) mass is 2390 g/mol. The van der Waals surface area contributed by atoms with Crippen LogP contribution in [0.15, 0.2) is 365 Å². The first-order valence-electron chi connectivity index (χ1n) is 47.4. The Morgan fingerprint density at radius 2 is 0.556 bits per heavy atom. The van der Waals surface area contributed by atoms with Crippen LogP contribution in [0.3, 0.4) is 0 Å². The van der Waals surface area contributed by atoms with Crippen LogP contribution in [0.5, 0.6) is 0 Å². The number of aryl methyl sites for hydroxylation is 6. The van der Waals surface area contributed by atoms with Gasteiger partial charge >= 0.3 is 60.3 Å². The van der Waals surface area contributed by atoms with Crippen LogP contribution in [-0.2, 0) is 60.3 Å². The van der Waals surface area contributed by atoms with Crippen molar-refractivity contribution in [3.63, 3.8) is 0 Å². The number of hydrogen-bond donors (Lipinski definition) is 0. The minimum absolute atomic E-state index is 0. The molecule has 0 fully saturated rings. The van der Waals surface area contributed by atoms with Crippen LogP contribution in [0.4, 0.5) is 17.1 Å². The molecule has 15 nitrogen and oxygen atoms in total. The molecule has 0 saturated heterocycles. The van der Waals surface area contributed by atoms with Gasteiger partial charge in [-0.3, -0.25) is 29.9 Å². The van der Waals surface area contributed by atoms with Crippen LogP contribution >= 0.6 is 0 Å². The number of imidazole rings is 3. The largest absolute Gasteiger partial charge is 3.00 e. The normalized spacial score (nSPS) is 13.1. The number of nitrogens with zero attached hydrogens (tertiary/aromatic N) is 15. The minimum Gasteiger partial charge on any atom is -0.510 e. The molecular weight excluding hydrogens is 2300 g/mol. The number of rotatable bonds is 3. The molecule has 0 N–H and O–H groups in total. The summed E-state index contributed by atoms with van der Waals surface area (Å²) < 4.78 is 6.86. The van der Waals surface area contributed by atoms with Gasteiger partial charge in [-0.05, 0) is 200 Å². The third kappa shape index (κ3) is 15.8. The first-order valence-corrected chi connectivity index (χ1v) is 47.4. The van der Waals surface area contributed by atoms with Crippen LogP contribution in [0.2, 0.25) is 0 Å². The molecule has 24 aromatic rings. The number of pyridine rings is 6. The molecule has 6 aliphatic rings. The molecule has 9 aromatic heterocycles. The van der Waals surface area contributed by atoms with E-state index in [9.17, 15) is 0 Å². The molecule has 0 spiro atoms. The molecule has 0 saturated carbocycles. The van der Waals surface area contributed by atoms with Gasteiger partial charge in [0.1, 0.15) is 0 Å². The second-order valence-electron chi connectivity index (χ2n) is 36.8. The van der Waals surface area contributed by atoms with E-state index >= 15 is 0 Å². The molecule has 0 unspecified atom stereocenters. The zero-order valence-electron chi connectivity index (χ0n) is 80.1. The summed E-state index contributed by atoms with van der Waals surface area (Å²) >= 11 is 0. The second-order valence-corrected chi connectivity index (χ2v) is 36.8. The van der Waals surface area contributed by atoms with Crippen molar-refractivity contribution in [2.45, 2.75) is 41.5 Å². The maximum absolute atomic E-state index is 4.85. The number of aromatic nitrogens is 9.